The van der Waals surface area contributed by atoms with E-state index >= 15 is 0 Å². The third-order valence-electron chi connectivity index (χ3n) is 2.30. The standard InChI is InChI=1S/C13H15NO3/c1-2-11(10-6-4-3-5-7-10)14-12(15)8-9-13(16)17/h3-9,11H,2H2,1H3,(H,14,15)(H,16,17)/b9-8+. The van der Waals surface area contributed by atoms with E-state index in [9.17, 15) is 9.59 Å². The average Bonchev–Trinajstić information content (AvgIpc) is 2.34. The number of rotatable bonds is 5. The number of aliphatic carboxylic acids is 1. The van der Waals surface area contributed by atoms with Gasteiger partial charge in [0.15, 0.2) is 0 Å². The molecule has 0 fully saturated rings. The van der Waals surface area contributed by atoms with E-state index in [1.54, 1.807) is 0 Å². The molecule has 0 saturated heterocycles. The van der Waals surface area contributed by atoms with Crippen molar-refractivity contribution >= 4 is 11.9 Å². The summed E-state index contributed by atoms with van der Waals surface area (Å²) >= 11 is 0. The van der Waals surface area contributed by atoms with Gasteiger partial charge in [0.05, 0.1) is 6.04 Å². The molecule has 1 atom stereocenters. The second kappa shape index (κ2) is 6.48. The summed E-state index contributed by atoms with van der Waals surface area (Å²) < 4.78 is 0. The molecule has 0 heterocycles. The predicted octanol–water partition coefficient (Wildman–Crippen LogP) is 1.89. The summed E-state index contributed by atoms with van der Waals surface area (Å²) in [7, 11) is 0. The third kappa shape index (κ3) is 4.51. The van der Waals surface area contributed by atoms with Gasteiger partial charge in [-0.1, -0.05) is 37.3 Å². The quantitative estimate of drug-likeness (QED) is 0.763. The minimum Gasteiger partial charge on any atom is -0.478 e. The molecule has 0 radical (unpaired) electrons. The number of amides is 1. The molecule has 0 aliphatic rings. The summed E-state index contributed by atoms with van der Waals surface area (Å²) in [5.74, 6) is -1.53. The molecule has 2 N–H and O–H groups in total. The van der Waals surface area contributed by atoms with Crippen molar-refractivity contribution in [1.29, 1.82) is 0 Å². The van der Waals surface area contributed by atoms with Crippen LogP contribution in [0.3, 0.4) is 0 Å². The van der Waals surface area contributed by atoms with Crippen LogP contribution in [-0.2, 0) is 9.59 Å². The second-order valence-electron chi connectivity index (χ2n) is 3.55. The summed E-state index contributed by atoms with van der Waals surface area (Å²) in [4.78, 5) is 21.7. The van der Waals surface area contributed by atoms with E-state index < -0.39 is 11.9 Å². The van der Waals surface area contributed by atoms with Gasteiger partial charge in [-0.25, -0.2) is 4.79 Å². The van der Waals surface area contributed by atoms with Crippen molar-refractivity contribution in [3.63, 3.8) is 0 Å². The Hall–Kier alpha value is -2.10. The molecule has 1 aromatic rings. The van der Waals surface area contributed by atoms with Crippen LogP contribution in [0, 0.1) is 0 Å². The molecule has 90 valence electrons. The molecule has 0 aromatic heterocycles. The number of hydrogen-bond acceptors (Lipinski definition) is 2. The lowest BCUT2D eigenvalue weighted by atomic mass is 10.0. The number of hydrogen-bond donors (Lipinski definition) is 2. The second-order valence-corrected chi connectivity index (χ2v) is 3.55. The lowest BCUT2D eigenvalue weighted by molar-refractivity contribution is -0.131. The molecule has 4 heteroatoms. The highest BCUT2D eigenvalue weighted by molar-refractivity contribution is 5.94. The number of carboxylic acid groups (broad SMARTS) is 1. The van der Waals surface area contributed by atoms with Crippen molar-refractivity contribution in [2.24, 2.45) is 0 Å². The molecule has 0 spiro atoms. The smallest absolute Gasteiger partial charge is 0.328 e. The van der Waals surface area contributed by atoms with Crippen LogP contribution in [0.2, 0.25) is 0 Å². The Labute approximate surface area is 100.0 Å². The van der Waals surface area contributed by atoms with Gasteiger partial charge in [0.1, 0.15) is 0 Å². The van der Waals surface area contributed by atoms with E-state index in [4.69, 9.17) is 5.11 Å². The summed E-state index contributed by atoms with van der Waals surface area (Å²) in [6.07, 6.45) is 2.59. The number of carbonyl (C=O) groups excluding carboxylic acids is 1. The van der Waals surface area contributed by atoms with Crippen LogP contribution < -0.4 is 5.32 Å². The maximum atomic E-state index is 11.4. The van der Waals surface area contributed by atoms with E-state index in [1.807, 2.05) is 37.3 Å². The van der Waals surface area contributed by atoms with Crippen LogP contribution in [0.5, 0.6) is 0 Å². The van der Waals surface area contributed by atoms with E-state index in [1.165, 1.54) is 0 Å². The van der Waals surface area contributed by atoms with Gasteiger partial charge >= 0.3 is 5.97 Å². The number of carboxylic acids is 1. The third-order valence-corrected chi connectivity index (χ3v) is 2.30. The van der Waals surface area contributed by atoms with Crippen LogP contribution in [0.4, 0.5) is 0 Å². The van der Waals surface area contributed by atoms with Gasteiger partial charge in [0.25, 0.3) is 0 Å². The Morgan fingerprint density at radius 3 is 2.47 bits per heavy atom. The molecule has 0 saturated carbocycles. The zero-order valence-corrected chi connectivity index (χ0v) is 9.59. The Kier molecular flexibility index (Phi) is 4.94. The first-order valence-electron chi connectivity index (χ1n) is 5.40. The van der Waals surface area contributed by atoms with E-state index in [2.05, 4.69) is 5.32 Å². The van der Waals surface area contributed by atoms with Crippen LogP contribution in [-0.4, -0.2) is 17.0 Å². The van der Waals surface area contributed by atoms with Gasteiger partial charge in [-0.15, -0.1) is 0 Å². The number of benzene rings is 1. The maximum absolute atomic E-state index is 11.4. The molecule has 1 aromatic carbocycles. The molecule has 0 aliphatic heterocycles. The summed E-state index contributed by atoms with van der Waals surface area (Å²) in [6.45, 7) is 1.96. The number of nitrogens with one attached hydrogen (secondary N) is 1. The van der Waals surface area contributed by atoms with Crippen molar-refractivity contribution in [1.82, 2.24) is 5.32 Å². The topological polar surface area (TPSA) is 66.4 Å². The fraction of sp³-hybridized carbons (Fsp3) is 0.231. The molecule has 1 amide bonds. The maximum Gasteiger partial charge on any atom is 0.328 e. The fourth-order valence-electron chi connectivity index (χ4n) is 1.47. The lowest BCUT2D eigenvalue weighted by Crippen LogP contribution is -2.26. The highest BCUT2D eigenvalue weighted by Crippen LogP contribution is 2.15. The van der Waals surface area contributed by atoms with Gasteiger partial charge in [0, 0.05) is 12.2 Å². The van der Waals surface area contributed by atoms with Gasteiger partial charge in [-0.3, -0.25) is 4.79 Å². The van der Waals surface area contributed by atoms with E-state index in [0.717, 1.165) is 24.1 Å². The van der Waals surface area contributed by atoms with Crippen molar-refractivity contribution in [2.75, 3.05) is 0 Å². The molecule has 0 bridgehead atoms. The van der Waals surface area contributed by atoms with Crippen LogP contribution >= 0.6 is 0 Å². The summed E-state index contributed by atoms with van der Waals surface area (Å²) in [5.41, 5.74) is 1.01. The van der Waals surface area contributed by atoms with Crippen molar-refractivity contribution in [2.45, 2.75) is 19.4 Å². The first kappa shape index (κ1) is 13.0. The SMILES string of the molecule is CCC(NC(=O)/C=C/C(=O)O)c1ccccc1. The van der Waals surface area contributed by atoms with Crippen LogP contribution in [0.25, 0.3) is 0 Å². The van der Waals surface area contributed by atoms with Gasteiger partial charge in [-0.2, -0.15) is 0 Å². The number of carbonyl (C=O) groups is 2. The van der Waals surface area contributed by atoms with E-state index in [0.29, 0.717) is 0 Å². The highest BCUT2D eigenvalue weighted by Gasteiger charge is 2.10. The van der Waals surface area contributed by atoms with Crippen molar-refractivity contribution in [3.05, 3.63) is 48.0 Å². The van der Waals surface area contributed by atoms with Gasteiger partial charge in [-0.05, 0) is 12.0 Å². The zero-order valence-electron chi connectivity index (χ0n) is 9.59. The lowest BCUT2D eigenvalue weighted by Gasteiger charge is -2.16. The average molecular weight is 233 g/mol. The molecule has 0 aliphatic carbocycles. The first-order chi connectivity index (χ1) is 8.13. The molecular weight excluding hydrogens is 218 g/mol. The van der Waals surface area contributed by atoms with E-state index in [-0.39, 0.29) is 6.04 Å². The molecule has 1 rings (SSSR count). The molecule has 4 nitrogen and oxygen atoms in total. The Morgan fingerprint density at radius 2 is 1.94 bits per heavy atom. The predicted molar refractivity (Wildman–Crippen MR) is 64.4 cm³/mol. The minimum absolute atomic E-state index is 0.0952. The summed E-state index contributed by atoms with van der Waals surface area (Å²) in [6, 6.07) is 9.46. The minimum atomic E-state index is -1.13. The van der Waals surface area contributed by atoms with Gasteiger partial charge < -0.3 is 10.4 Å². The first-order valence-corrected chi connectivity index (χ1v) is 5.40. The fourth-order valence-corrected chi connectivity index (χ4v) is 1.47. The molecule has 1 unspecified atom stereocenters. The molecular formula is C13H15NO3. The monoisotopic (exact) mass is 233 g/mol. The van der Waals surface area contributed by atoms with Crippen molar-refractivity contribution in [3.8, 4) is 0 Å². The van der Waals surface area contributed by atoms with Gasteiger partial charge in [0.2, 0.25) is 5.91 Å². The van der Waals surface area contributed by atoms with Crippen LogP contribution in [0.1, 0.15) is 24.9 Å². The zero-order chi connectivity index (χ0) is 12.7. The normalized spacial score (nSPS) is 12.3. The summed E-state index contributed by atoms with van der Waals surface area (Å²) in [5, 5.41) is 11.2. The molecule has 17 heavy (non-hydrogen) atoms. The van der Waals surface area contributed by atoms with Crippen molar-refractivity contribution < 1.29 is 14.7 Å². The Bertz CT molecular complexity index is 412. The largest absolute Gasteiger partial charge is 0.478 e. The van der Waals surface area contributed by atoms with Crippen LogP contribution in [0.15, 0.2) is 42.5 Å². The Morgan fingerprint density at radius 1 is 1.29 bits per heavy atom. The highest BCUT2D eigenvalue weighted by atomic mass is 16.4. The Balaban J connectivity index is 2.65.